The zero-order chi connectivity index (χ0) is 18.5. The van der Waals surface area contributed by atoms with Crippen molar-refractivity contribution in [2.75, 3.05) is 25.0 Å². The first-order chi connectivity index (χ1) is 12.6. The fraction of sp³-hybridized carbons (Fsp3) is 0.444. The number of carbonyl (C=O) groups excluding carboxylic acids is 2. The fourth-order valence-electron chi connectivity index (χ4n) is 3.13. The number of nitrogens with one attached hydrogen (secondary N) is 2. The number of anilines is 1. The van der Waals surface area contributed by atoms with Gasteiger partial charge < -0.3 is 15.1 Å². The maximum Gasteiger partial charge on any atom is 0.313 e. The maximum atomic E-state index is 12.0. The molecule has 0 radical (unpaired) electrons. The molecule has 3 rings (SSSR count). The van der Waals surface area contributed by atoms with Crippen molar-refractivity contribution < 1.29 is 14.0 Å². The molecule has 2 amide bonds. The Hall–Kier alpha value is -2.74. The molecule has 0 saturated carbocycles. The van der Waals surface area contributed by atoms with Crippen molar-refractivity contribution >= 4 is 17.5 Å². The van der Waals surface area contributed by atoms with Crippen molar-refractivity contribution in [2.24, 2.45) is 0 Å². The molecule has 1 aromatic heterocycles. The molecule has 1 fully saturated rings. The van der Waals surface area contributed by atoms with E-state index in [0.29, 0.717) is 30.1 Å². The van der Waals surface area contributed by atoms with Crippen LogP contribution in [0.1, 0.15) is 25.7 Å². The van der Waals surface area contributed by atoms with Crippen molar-refractivity contribution in [3.8, 4) is 11.5 Å². The Kier molecular flexibility index (Phi) is 5.62. The highest BCUT2D eigenvalue weighted by molar-refractivity contribution is 6.39. The first-order valence-electron chi connectivity index (χ1n) is 8.80. The molecule has 2 heterocycles. The van der Waals surface area contributed by atoms with Gasteiger partial charge in [0, 0.05) is 30.8 Å². The van der Waals surface area contributed by atoms with E-state index in [9.17, 15) is 9.59 Å². The summed E-state index contributed by atoms with van der Waals surface area (Å²) in [5.74, 6) is -0.398. The number of likely N-dealkylation sites (N-methyl/N-ethyl adjacent to an activating group) is 1. The first-order valence-corrected chi connectivity index (χ1v) is 8.80. The van der Waals surface area contributed by atoms with Crippen LogP contribution in [0.5, 0.6) is 0 Å². The van der Waals surface area contributed by atoms with E-state index in [-0.39, 0.29) is 0 Å². The minimum atomic E-state index is -0.674. The van der Waals surface area contributed by atoms with Crippen LogP contribution in [-0.2, 0) is 9.59 Å². The molecule has 1 saturated heterocycles. The number of amides is 2. The molecule has 1 aromatic carbocycles. The Morgan fingerprint density at radius 1 is 1.23 bits per heavy atom. The monoisotopic (exact) mass is 357 g/mol. The molecule has 0 bridgehead atoms. The van der Waals surface area contributed by atoms with E-state index in [1.165, 1.54) is 0 Å². The number of aryl methyl sites for hydroxylation is 1. The maximum absolute atomic E-state index is 12.0. The summed E-state index contributed by atoms with van der Waals surface area (Å²) in [5.41, 5.74) is 1.27. The molecule has 8 nitrogen and oxygen atoms in total. The molecule has 2 aromatic rings. The molecular formula is C18H23N5O3. The highest BCUT2D eigenvalue weighted by Gasteiger charge is 2.24. The van der Waals surface area contributed by atoms with E-state index in [1.807, 2.05) is 0 Å². The number of aromatic nitrogens is 2. The third-order valence-electron chi connectivity index (χ3n) is 4.53. The SMILES string of the molecule is CCN1CCCC1CNC(=O)C(=O)Nc1ccc(-c2nnc(C)o2)cc1. The third kappa shape index (κ3) is 4.26. The molecule has 1 aliphatic rings. The second-order valence-corrected chi connectivity index (χ2v) is 6.29. The van der Waals surface area contributed by atoms with Crippen LogP contribution in [-0.4, -0.2) is 52.6 Å². The van der Waals surface area contributed by atoms with E-state index in [2.05, 4.69) is 32.7 Å². The number of carbonyl (C=O) groups is 2. The van der Waals surface area contributed by atoms with E-state index < -0.39 is 11.8 Å². The molecule has 26 heavy (non-hydrogen) atoms. The number of likely N-dealkylation sites (tertiary alicyclic amines) is 1. The summed E-state index contributed by atoms with van der Waals surface area (Å²) < 4.78 is 5.35. The lowest BCUT2D eigenvalue weighted by Gasteiger charge is -2.22. The van der Waals surface area contributed by atoms with Crippen LogP contribution in [0.2, 0.25) is 0 Å². The quantitative estimate of drug-likeness (QED) is 0.788. The van der Waals surface area contributed by atoms with Gasteiger partial charge in [0.1, 0.15) is 0 Å². The van der Waals surface area contributed by atoms with E-state index >= 15 is 0 Å². The minimum Gasteiger partial charge on any atom is -0.421 e. The van der Waals surface area contributed by atoms with Gasteiger partial charge in [-0.25, -0.2) is 0 Å². The zero-order valence-electron chi connectivity index (χ0n) is 15.0. The van der Waals surface area contributed by atoms with Gasteiger partial charge in [-0.2, -0.15) is 0 Å². The lowest BCUT2D eigenvalue weighted by atomic mass is 10.2. The van der Waals surface area contributed by atoms with Crippen molar-refractivity contribution in [1.82, 2.24) is 20.4 Å². The summed E-state index contributed by atoms with van der Waals surface area (Å²) in [5, 5.41) is 13.0. The van der Waals surface area contributed by atoms with Crippen LogP contribution in [0.25, 0.3) is 11.5 Å². The van der Waals surface area contributed by atoms with Gasteiger partial charge in [-0.05, 0) is 50.2 Å². The summed E-state index contributed by atoms with van der Waals surface area (Å²) in [6.07, 6.45) is 2.18. The topological polar surface area (TPSA) is 100 Å². The summed E-state index contributed by atoms with van der Waals surface area (Å²) in [6, 6.07) is 7.19. The number of benzene rings is 1. The van der Waals surface area contributed by atoms with Gasteiger partial charge in [-0.3, -0.25) is 14.5 Å². The fourth-order valence-corrected chi connectivity index (χ4v) is 3.13. The predicted octanol–water partition coefficient (Wildman–Crippen LogP) is 1.58. The Morgan fingerprint density at radius 2 is 2.00 bits per heavy atom. The Labute approximate surface area is 152 Å². The smallest absolute Gasteiger partial charge is 0.313 e. The number of rotatable bonds is 5. The highest BCUT2D eigenvalue weighted by Crippen LogP contribution is 2.20. The van der Waals surface area contributed by atoms with Crippen LogP contribution in [0.4, 0.5) is 5.69 Å². The van der Waals surface area contributed by atoms with Gasteiger partial charge in [-0.1, -0.05) is 6.92 Å². The van der Waals surface area contributed by atoms with Crippen LogP contribution in [0, 0.1) is 6.92 Å². The molecule has 1 unspecified atom stereocenters. The van der Waals surface area contributed by atoms with Crippen LogP contribution >= 0.6 is 0 Å². The molecular weight excluding hydrogens is 334 g/mol. The summed E-state index contributed by atoms with van der Waals surface area (Å²) in [4.78, 5) is 26.4. The van der Waals surface area contributed by atoms with Gasteiger partial charge in [0.25, 0.3) is 0 Å². The standard InChI is InChI=1S/C18H23N5O3/c1-3-23-10-4-5-15(23)11-19-16(24)17(25)20-14-8-6-13(7-9-14)18-22-21-12(2)26-18/h6-9,15H,3-5,10-11H2,1-2H3,(H,19,24)(H,20,25). The number of hydrogen-bond donors (Lipinski definition) is 2. The van der Waals surface area contributed by atoms with Crippen LogP contribution in [0.15, 0.2) is 28.7 Å². The Balaban J connectivity index is 1.51. The van der Waals surface area contributed by atoms with Crippen LogP contribution in [0.3, 0.4) is 0 Å². The summed E-state index contributed by atoms with van der Waals surface area (Å²) in [6.45, 7) is 6.32. The molecule has 138 valence electrons. The van der Waals surface area contributed by atoms with Crippen molar-refractivity contribution in [2.45, 2.75) is 32.7 Å². The third-order valence-corrected chi connectivity index (χ3v) is 4.53. The summed E-state index contributed by atoms with van der Waals surface area (Å²) in [7, 11) is 0. The zero-order valence-corrected chi connectivity index (χ0v) is 15.0. The van der Waals surface area contributed by atoms with Crippen molar-refractivity contribution in [3.63, 3.8) is 0 Å². The molecule has 8 heteroatoms. The number of nitrogens with zero attached hydrogens (tertiary/aromatic N) is 3. The van der Waals surface area contributed by atoms with E-state index in [1.54, 1.807) is 31.2 Å². The van der Waals surface area contributed by atoms with E-state index in [4.69, 9.17) is 4.42 Å². The van der Waals surface area contributed by atoms with Gasteiger partial charge in [0.15, 0.2) is 0 Å². The van der Waals surface area contributed by atoms with Gasteiger partial charge >= 0.3 is 11.8 Å². The molecule has 1 aliphatic heterocycles. The largest absolute Gasteiger partial charge is 0.421 e. The average molecular weight is 357 g/mol. The molecule has 0 spiro atoms. The van der Waals surface area contributed by atoms with Gasteiger partial charge in [0.2, 0.25) is 11.8 Å². The lowest BCUT2D eigenvalue weighted by molar-refractivity contribution is -0.136. The Bertz CT molecular complexity index is 771. The van der Waals surface area contributed by atoms with Gasteiger partial charge in [-0.15, -0.1) is 10.2 Å². The molecule has 1 atom stereocenters. The normalized spacial score (nSPS) is 17.2. The van der Waals surface area contributed by atoms with Gasteiger partial charge in [0.05, 0.1) is 0 Å². The minimum absolute atomic E-state index is 0.314. The van der Waals surface area contributed by atoms with Crippen LogP contribution < -0.4 is 10.6 Å². The molecule has 2 N–H and O–H groups in total. The second-order valence-electron chi connectivity index (χ2n) is 6.29. The predicted molar refractivity (Wildman–Crippen MR) is 96.4 cm³/mol. The van der Waals surface area contributed by atoms with Crippen molar-refractivity contribution in [3.05, 3.63) is 30.2 Å². The lowest BCUT2D eigenvalue weighted by Crippen LogP contribution is -2.43. The molecule has 0 aliphatic carbocycles. The average Bonchev–Trinajstić information content (AvgIpc) is 3.28. The second kappa shape index (κ2) is 8.09. The highest BCUT2D eigenvalue weighted by atomic mass is 16.4. The summed E-state index contributed by atoms with van der Waals surface area (Å²) >= 11 is 0. The number of hydrogen-bond acceptors (Lipinski definition) is 6. The van der Waals surface area contributed by atoms with E-state index in [0.717, 1.165) is 31.5 Å². The van der Waals surface area contributed by atoms with Crippen molar-refractivity contribution in [1.29, 1.82) is 0 Å². The first kappa shape index (κ1) is 18.1. The Morgan fingerprint density at radius 3 is 2.65 bits per heavy atom.